The molecule has 0 saturated heterocycles. The minimum absolute atomic E-state index is 0.332. The van der Waals surface area contributed by atoms with Crippen molar-refractivity contribution < 1.29 is 9.53 Å². The Morgan fingerprint density at radius 3 is 2.56 bits per heavy atom. The molecule has 4 nitrogen and oxygen atoms in total. The van der Waals surface area contributed by atoms with E-state index in [0.29, 0.717) is 12.2 Å². The molecular formula is C21H21ClN2O2S. The summed E-state index contributed by atoms with van der Waals surface area (Å²) in [5, 5.41) is 4.76. The number of hydrogen-bond donors (Lipinski definition) is 1. The molecule has 0 unspecified atom stereocenters. The quantitative estimate of drug-likeness (QED) is 0.708. The topological polar surface area (TPSA) is 50.7 Å². The van der Waals surface area contributed by atoms with Crippen LogP contribution in [-0.2, 0) is 15.3 Å². The summed E-state index contributed by atoms with van der Waals surface area (Å²) >= 11 is 7.54. The van der Waals surface area contributed by atoms with Crippen molar-refractivity contribution in [3.8, 4) is 0 Å². The average molecular weight is 401 g/mol. The third-order valence-corrected chi connectivity index (χ3v) is 5.33. The van der Waals surface area contributed by atoms with Gasteiger partial charge < -0.3 is 10.1 Å². The Labute approximate surface area is 168 Å². The van der Waals surface area contributed by atoms with Gasteiger partial charge in [-0.05, 0) is 37.1 Å². The van der Waals surface area contributed by atoms with Gasteiger partial charge in [0.2, 0.25) is 0 Å². The Bertz CT molecular complexity index is 864. The fourth-order valence-corrected chi connectivity index (χ4v) is 3.83. The first-order valence-electron chi connectivity index (χ1n) is 8.73. The van der Waals surface area contributed by atoms with Gasteiger partial charge in [-0.2, -0.15) is 0 Å². The molecule has 6 heteroatoms. The maximum atomic E-state index is 12.5. The van der Waals surface area contributed by atoms with Crippen molar-refractivity contribution in [2.75, 3.05) is 6.61 Å². The molecule has 0 amide bonds. The van der Waals surface area contributed by atoms with Crippen molar-refractivity contribution in [2.45, 2.75) is 25.6 Å². The minimum Gasteiger partial charge on any atom is -0.463 e. The van der Waals surface area contributed by atoms with E-state index >= 15 is 0 Å². The number of nitrogens with one attached hydrogen (secondary N) is 1. The van der Waals surface area contributed by atoms with Gasteiger partial charge in [-0.25, -0.2) is 9.79 Å². The molecule has 0 bridgehead atoms. The summed E-state index contributed by atoms with van der Waals surface area (Å²) in [5.74, 6) is 0.425. The van der Waals surface area contributed by atoms with Crippen LogP contribution in [0.4, 0.5) is 0 Å². The van der Waals surface area contributed by atoms with Crippen molar-refractivity contribution in [3.05, 3.63) is 82.0 Å². The summed E-state index contributed by atoms with van der Waals surface area (Å²) in [4.78, 5) is 17.3. The van der Waals surface area contributed by atoms with Gasteiger partial charge in [0.15, 0.2) is 5.17 Å². The number of nitrogens with zero attached hydrogens (tertiary/aromatic N) is 1. The number of halogens is 1. The Kier molecular flexibility index (Phi) is 6.58. The Balaban J connectivity index is 1.84. The third-order valence-electron chi connectivity index (χ3n) is 4.12. The monoisotopic (exact) mass is 400 g/mol. The van der Waals surface area contributed by atoms with Crippen LogP contribution in [0.3, 0.4) is 0 Å². The van der Waals surface area contributed by atoms with Crippen LogP contribution < -0.4 is 5.32 Å². The standard InChI is InChI=1S/C21H21ClN2O2S/c1-3-26-20(25)18-14(2)23-21(24-19(18)16-7-5-4-6-8-16)27-13-15-9-11-17(22)12-10-15/h4-12,19H,3,13H2,1-2H3,(H,23,24)/t19-/m0/s1. The number of allylic oxidation sites excluding steroid dienone is 1. The largest absolute Gasteiger partial charge is 0.463 e. The molecule has 3 rings (SSSR count). The molecule has 27 heavy (non-hydrogen) atoms. The number of benzene rings is 2. The van der Waals surface area contributed by atoms with E-state index < -0.39 is 0 Å². The lowest BCUT2D eigenvalue weighted by molar-refractivity contribution is -0.138. The van der Waals surface area contributed by atoms with E-state index in [1.807, 2.05) is 61.5 Å². The summed E-state index contributed by atoms with van der Waals surface area (Å²) in [6, 6.07) is 17.2. The van der Waals surface area contributed by atoms with Crippen LogP contribution in [-0.4, -0.2) is 17.7 Å². The van der Waals surface area contributed by atoms with Crippen molar-refractivity contribution in [1.82, 2.24) is 5.32 Å². The predicted molar refractivity (Wildman–Crippen MR) is 112 cm³/mol. The summed E-state index contributed by atoms with van der Waals surface area (Å²) in [5.41, 5.74) is 3.45. The number of hydrogen-bond acceptors (Lipinski definition) is 5. The number of carbonyl (C=O) groups excluding carboxylic acids is 1. The molecule has 140 valence electrons. The molecular weight excluding hydrogens is 380 g/mol. The zero-order valence-electron chi connectivity index (χ0n) is 15.2. The lowest BCUT2D eigenvalue weighted by atomic mass is 9.97. The highest BCUT2D eigenvalue weighted by Gasteiger charge is 2.30. The summed E-state index contributed by atoms with van der Waals surface area (Å²) in [7, 11) is 0. The second-order valence-electron chi connectivity index (χ2n) is 6.05. The number of rotatable bonds is 5. The van der Waals surface area contributed by atoms with Crippen molar-refractivity contribution in [3.63, 3.8) is 0 Å². The van der Waals surface area contributed by atoms with E-state index in [4.69, 9.17) is 21.3 Å². The number of ether oxygens (including phenoxy) is 1. The molecule has 1 atom stereocenters. The highest BCUT2D eigenvalue weighted by atomic mass is 35.5. The van der Waals surface area contributed by atoms with E-state index in [9.17, 15) is 4.79 Å². The lowest BCUT2D eigenvalue weighted by Crippen LogP contribution is -2.30. The smallest absolute Gasteiger partial charge is 0.338 e. The molecule has 1 aliphatic heterocycles. The molecule has 1 aliphatic rings. The summed E-state index contributed by atoms with van der Waals surface area (Å²) in [6.07, 6.45) is 0. The SMILES string of the molecule is CCOC(=O)C1=C(C)NC(SCc2ccc(Cl)cc2)=N[C@H]1c1ccccc1. The van der Waals surface area contributed by atoms with Crippen LogP contribution in [0, 0.1) is 0 Å². The third kappa shape index (κ3) is 4.93. The zero-order valence-corrected chi connectivity index (χ0v) is 16.8. The first-order chi connectivity index (χ1) is 13.1. The highest BCUT2D eigenvalue weighted by Crippen LogP contribution is 2.33. The van der Waals surface area contributed by atoms with Gasteiger partial charge in [0.25, 0.3) is 0 Å². The maximum Gasteiger partial charge on any atom is 0.338 e. The molecule has 2 aromatic carbocycles. The van der Waals surface area contributed by atoms with Crippen LogP contribution in [0.5, 0.6) is 0 Å². The molecule has 0 aromatic heterocycles. The normalized spacial score (nSPS) is 16.6. The fourth-order valence-electron chi connectivity index (χ4n) is 2.80. The van der Waals surface area contributed by atoms with Gasteiger partial charge in [0.1, 0.15) is 6.04 Å². The molecule has 0 spiro atoms. The molecule has 0 fully saturated rings. The molecule has 0 aliphatic carbocycles. The van der Waals surface area contributed by atoms with Gasteiger partial charge in [-0.1, -0.05) is 65.8 Å². The van der Waals surface area contributed by atoms with Crippen LogP contribution >= 0.6 is 23.4 Å². The average Bonchev–Trinajstić information content (AvgIpc) is 2.68. The van der Waals surface area contributed by atoms with Crippen LogP contribution in [0.2, 0.25) is 5.02 Å². The second-order valence-corrected chi connectivity index (χ2v) is 7.45. The van der Waals surface area contributed by atoms with E-state index in [-0.39, 0.29) is 12.0 Å². The first kappa shape index (κ1) is 19.5. The molecule has 0 saturated carbocycles. The maximum absolute atomic E-state index is 12.5. The molecule has 2 aromatic rings. The van der Waals surface area contributed by atoms with Crippen LogP contribution in [0.25, 0.3) is 0 Å². The van der Waals surface area contributed by atoms with Crippen LogP contribution in [0.1, 0.15) is 31.0 Å². The number of amidine groups is 1. The van der Waals surface area contributed by atoms with Gasteiger partial charge >= 0.3 is 5.97 Å². The number of aliphatic imine (C=N–C) groups is 1. The first-order valence-corrected chi connectivity index (χ1v) is 10.1. The van der Waals surface area contributed by atoms with Crippen molar-refractivity contribution >= 4 is 34.5 Å². The second kappa shape index (κ2) is 9.11. The van der Waals surface area contributed by atoms with Gasteiger partial charge in [-0.15, -0.1) is 0 Å². The Morgan fingerprint density at radius 2 is 1.89 bits per heavy atom. The van der Waals surface area contributed by atoms with E-state index in [0.717, 1.165) is 32.8 Å². The summed E-state index contributed by atoms with van der Waals surface area (Å²) < 4.78 is 5.25. The highest BCUT2D eigenvalue weighted by molar-refractivity contribution is 8.13. The van der Waals surface area contributed by atoms with Gasteiger partial charge in [-0.3, -0.25) is 0 Å². The van der Waals surface area contributed by atoms with Crippen LogP contribution in [0.15, 0.2) is 70.9 Å². The van der Waals surface area contributed by atoms with Crippen molar-refractivity contribution in [2.24, 2.45) is 4.99 Å². The van der Waals surface area contributed by atoms with E-state index in [2.05, 4.69) is 5.32 Å². The van der Waals surface area contributed by atoms with Gasteiger partial charge in [0.05, 0.1) is 12.2 Å². The minimum atomic E-state index is -0.376. The van der Waals surface area contributed by atoms with E-state index in [1.165, 1.54) is 0 Å². The number of carbonyl (C=O) groups is 1. The predicted octanol–water partition coefficient (Wildman–Crippen LogP) is 5.11. The summed E-state index contributed by atoms with van der Waals surface area (Å²) in [6.45, 7) is 4.02. The molecule has 1 N–H and O–H groups in total. The van der Waals surface area contributed by atoms with Crippen molar-refractivity contribution in [1.29, 1.82) is 0 Å². The zero-order chi connectivity index (χ0) is 19.2. The molecule has 1 heterocycles. The Morgan fingerprint density at radius 1 is 1.19 bits per heavy atom. The Hall–Kier alpha value is -2.24. The number of thioether (sulfide) groups is 1. The number of esters is 1. The van der Waals surface area contributed by atoms with Gasteiger partial charge in [0, 0.05) is 16.5 Å². The van der Waals surface area contributed by atoms with E-state index in [1.54, 1.807) is 18.7 Å². The lowest BCUT2D eigenvalue weighted by Gasteiger charge is -2.25. The fraction of sp³-hybridized carbons (Fsp3) is 0.238. The molecule has 0 radical (unpaired) electrons.